The molecular formula is C22H31N5O2. The number of ether oxygens (including phenoxy) is 1. The van der Waals surface area contributed by atoms with Crippen LogP contribution in [0, 0.1) is 12.8 Å². The molecule has 1 aliphatic rings. The number of piperazine rings is 1. The maximum absolute atomic E-state index is 13.0. The summed E-state index contributed by atoms with van der Waals surface area (Å²) in [5.74, 6) is 2.77. The Hall–Kier alpha value is -2.83. The van der Waals surface area contributed by atoms with Gasteiger partial charge in [-0.3, -0.25) is 4.79 Å². The first-order chi connectivity index (χ1) is 14.0. The van der Waals surface area contributed by atoms with E-state index in [2.05, 4.69) is 46.2 Å². The number of hydrogen-bond acceptors (Lipinski definition) is 6. The minimum absolute atomic E-state index is 0.0307. The van der Waals surface area contributed by atoms with Crippen molar-refractivity contribution in [3.05, 3.63) is 41.9 Å². The summed E-state index contributed by atoms with van der Waals surface area (Å²) in [5.41, 5.74) is 1.61. The van der Waals surface area contributed by atoms with E-state index in [1.807, 2.05) is 24.0 Å². The number of nitrogens with zero attached hydrogens (tertiary/aromatic N) is 4. The number of aryl methyl sites for hydroxylation is 1. The number of nitrogens with one attached hydrogen (secondary N) is 1. The fourth-order valence-corrected chi connectivity index (χ4v) is 3.38. The van der Waals surface area contributed by atoms with E-state index in [1.165, 1.54) is 0 Å². The zero-order valence-corrected chi connectivity index (χ0v) is 17.8. The maximum Gasteiger partial charge on any atom is 0.272 e. The highest BCUT2D eigenvalue weighted by molar-refractivity contribution is 5.93. The third kappa shape index (κ3) is 5.59. The van der Waals surface area contributed by atoms with Gasteiger partial charge in [-0.05, 0) is 43.5 Å². The van der Waals surface area contributed by atoms with Crippen LogP contribution in [0.3, 0.4) is 0 Å². The molecule has 1 aromatic carbocycles. The summed E-state index contributed by atoms with van der Waals surface area (Å²) in [5, 5.41) is 3.31. The van der Waals surface area contributed by atoms with E-state index in [1.54, 1.807) is 13.2 Å². The van der Waals surface area contributed by atoms with Crippen LogP contribution in [0.1, 0.15) is 36.6 Å². The van der Waals surface area contributed by atoms with E-state index in [0.717, 1.165) is 43.3 Å². The molecule has 1 aliphatic heterocycles. The summed E-state index contributed by atoms with van der Waals surface area (Å²) in [6.07, 6.45) is 1.06. The smallest absolute Gasteiger partial charge is 0.272 e. The quantitative estimate of drug-likeness (QED) is 0.774. The first kappa shape index (κ1) is 20.9. The number of methoxy groups -OCH3 is 1. The molecule has 1 N–H and O–H groups in total. The van der Waals surface area contributed by atoms with E-state index in [0.29, 0.717) is 30.5 Å². The number of aromatic nitrogens is 2. The number of carbonyl (C=O) groups is 1. The summed E-state index contributed by atoms with van der Waals surface area (Å²) in [7, 11) is 1.67. The maximum atomic E-state index is 13.0. The van der Waals surface area contributed by atoms with Gasteiger partial charge in [0.05, 0.1) is 7.11 Å². The minimum Gasteiger partial charge on any atom is -0.497 e. The summed E-state index contributed by atoms with van der Waals surface area (Å²) in [6, 6.07) is 9.80. The Kier molecular flexibility index (Phi) is 6.90. The number of anilines is 2. The third-order valence-corrected chi connectivity index (χ3v) is 5.09. The first-order valence-corrected chi connectivity index (χ1v) is 10.2. The number of amides is 1. The molecular weight excluding hydrogens is 366 g/mol. The van der Waals surface area contributed by atoms with Crippen molar-refractivity contribution in [1.82, 2.24) is 14.9 Å². The van der Waals surface area contributed by atoms with Crippen LogP contribution in [0.25, 0.3) is 0 Å². The third-order valence-electron chi connectivity index (χ3n) is 5.09. The molecule has 0 aliphatic carbocycles. The summed E-state index contributed by atoms with van der Waals surface area (Å²) >= 11 is 0. The largest absolute Gasteiger partial charge is 0.497 e. The van der Waals surface area contributed by atoms with Crippen LogP contribution >= 0.6 is 0 Å². The molecule has 1 amide bonds. The van der Waals surface area contributed by atoms with Gasteiger partial charge in [-0.1, -0.05) is 13.8 Å². The van der Waals surface area contributed by atoms with E-state index in [4.69, 9.17) is 4.74 Å². The molecule has 0 atom stereocenters. The highest BCUT2D eigenvalue weighted by Gasteiger charge is 2.24. The molecule has 1 fully saturated rings. The Morgan fingerprint density at radius 1 is 1.14 bits per heavy atom. The highest BCUT2D eigenvalue weighted by atomic mass is 16.5. The second-order valence-corrected chi connectivity index (χ2v) is 7.77. The second kappa shape index (κ2) is 9.58. The molecule has 0 radical (unpaired) electrons. The van der Waals surface area contributed by atoms with Gasteiger partial charge in [0.1, 0.15) is 23.1 Å². The molecule has 0 unspecified atom stereocenters. The van der Waals surface area contributed by atoms with Crippen molar-refractivity contribution >= 4 is 17.4 Å². The molecule has 2 heterocycles. The lowest BCUT2D eigenvalue weighted by atomic mass is 10.1. The normalized spacial score (nSPS) is 14.2. The first-order valence-electron chi connectivity index (χ1n) is 10.2. The van der Waals surface area contributed by atoms with Crippen molar-refractivity contribution in [1.29, 1.82) is 0 Å². The Labute approximate surface area is 173 Å². The van der Waals surface area contributed by atoms with Gasteiger partial charge >= 0.3 is 0 Å². The van der Waals surface area contributed by atoms with Gasteiger partial charge in [0.15, 0.2) is 0 Å². The van der Waals surface area contributed by atoms with E-state index < -0.39 is 0 Å². The zero-order chi connectivity index (χ0) is 20.8. The topological polar surface area (TPSA) is 70.6 Å². The van der Waals surface area contributed by atoms with Crippen molar-refractivity contribution in [3.63, 3.8) is 0 Å². The predicted molar refractivity (Wildman–Crippen MR) is 116 cm³/mol. The Bertz CT molecular complexity index is 814. The second-order valence-electron chi connectivity index (χ2n) is 7.77. The van der Waals surface area contributed by atoms with Gasteiger partial charge in [-0.2, -0.15) is 0 Å². The Balaban J connectivity index is 1.60. The molecule has 2 aromatic rings. The van der Waals surface area contributed by atoms with Crippen LogP contribution in [-0.2, 0) is 0 Å². The molecule has 7 nitrogen and oxygen atoms in total. The fraction of sp³-hybridized carbons (Fsp3) is 0.500. The lowest BCUT2D eigenvalue weighted by Gasteiger charge is -2.36. The monoisotopic (exact) mass is 397 g/mol. The molecule has 1 saturated heterocycles. The molecule has 1 aromatic heterocycles. The van der Waals surface area contributed by atoms with Crippen LogP contribution in [0.2, 0.25) is 0 Å². The van der Waals surface area contributed by atoms with Crippen molar-refractivity contribution in [3.8, 4) is 5.75 Å². The van der Waals surface area contributed by atoms with Crippen molar-refractivity contribution in [2.75, 3.05) is 50.1 Å². The molecule has 0 saturated carbocycles. The molecule has 29 heavy (non-hydrogen) atoms. The summed E-state index contributed by atoms with van der Waals surface area (Å²) < 4.78 is 5.22. The Morgan fingerprint density at radius 2 is 1.83 bits per heavy atom. The van der Waals surface area contributed by atoms with Gasteiger partial charge in [-0.25, -0.2) is 9.97 Å². The molecule has 156 valence electrons. The fourth-order valence-electron chi connectivity index (χ4n) is 3.38. The number of rotatable bonds is 7. The van der Waals surface area contributed by atoms with Gasteiger partial charge in [0.2, 0.25) is 0 Å². The van der Waals surface area contributed by atoms with E-state index >= 15 is 0 Å². The Morgan fingerprint density at radius 3 is 2.45 bits per heavy atom. The molecule has 7 heteroatoms. The van der Waals surface area contributed by atoms with Gasteiger partial charge < -0.3 is 19.9 Å². The number of hydrogen-bond donors (Lipinski definition) is 1. The van der Waals surface area contributed by atoms with Crippen molar-refractivity contribution in [2.24, 2.45) is 5.92 Å². The summed E-state index contributed by atoms with van der Waals surface area (Å²) in [6.45, 7) is 9.96. The lowest BCUT2D eigenvalue weighted by Crippen LogP contribution is -2.49. The number of benzene rings is 1. The SMILES string of the molecule is COc1ccc(N2CCN(C(=O)c3cc(NCCC(C)C)nc(C)n3)CC2)cc1. The summed E-state index contributed by atoms with van der Waals surface area (Å²) in [4.78, 5) is 25.9. The van der Waals surface area contributed by atoms with Crippen molar-refractivity contribution < 1.29 is 9.53 Å². The average Bonchev–Trinajstić information content (AvgIpc) is 2.73. The number of carbonyl (C=O) groups excluding carboxylic acids is 1. The lowest BCUT2D eigenvalue weighted by molar-refractivity contribution is 0.0740. The zero-order valence-electron chi connectivity index (χ0n) is 17.8. The van der Waals surface area contributed by atoms with Crippen molar-refractivity contribution in [2.45, 2.75) is 27.2 Å². The van der Waals surface area contributed by atoms with Crippen LogP contribution in [0.5, 0.6) is 5.75 Å². The van der Waals surface area contributed by atoms with Crippen LogP contribution in [0.4, 0.5) is 11.5 Å². The van der Waals surface area contributed by atoms with E-state index in [-0.39, 0.29) is 5.91 Å². The van der Waals surface area contributed by atoms with Gasteiger partial charge in [0.25, 0.3) is 5.91 Å². The molecule has 3 rings (SSSR count). The van der Waals surface area contributed by atoms with Crippen LogP contribution in [-0.4, -0.2) is 60.6 Å². The van der Waals surface area contributed by atoms with Gasteiger partial charge in [0, 0.05) is 44.5 Å². The van der Waals surface area contributed by atoms with E-state index in [9.17, 15) is 4.79 Å². The molecule has 0 bridgehead atoms. The predicted octanol–water partition coefficient (Wildman–Crippen LogP) is 3.21. The average molecular weight is 398 g/mol. The standard InChI is InChI=1S/C22H31N5O2/c1-16(2)9-10-23-21-15-20(24-17(3)25-21)22(28)27-13-11-26(12-14-27)18-5-7-19(29-4)8-6-18/h5-8,15-16H,9-14H2,1-4H3,(H,23,24,25). The highest BCUT2D eigenvalue weighted by Crippen LogP contribution is 2.21. The minimum atomic E-state index is -0.0307. The van der Waals surface area contributed by atoms with Gasteiger partial charge in [-0.15, -0.1) is 0 Å². The van der Waals surface area contributed by atoms with Crippen LogP contribution < -0.4 is 15.0 Å². The van der Waals surface area contributed by atoms with Crippen LogP contribution in [0.15, 0.2) is 30.3 Å². The molecule has 0 spiro atoms.